The average molecular weight is 285 g/mol. The molecule has 1 aromatic rings. The third kappa shape index (κ3) is 5.26. The van der Waals surface area contributed by atoms with Gasteiger partial charge in [-0.1, -0.05) is 37.8 Å². The molecule has 5 nitrogen and oxygen atoms in total. The molecule has 0 aromatic heterocycles. The number of amides is 1. The van der Waals surface area contributed by atoms with E-state index in [1.165, 1.54) is 18.2 Å². The van der Waals surface area contributed by atoms with Crippen LogP contribution in [0.2, 0.25) is 5.02 Å². The van der Waals surface area contributed by atoms with E-state index in [-0.39, 0.29) is 16.6 Å². The maximum atomic E-state index is 11.6. The summed E-state index contributed by atoms with van der Waals surface area (Å²) in [4.78, 5) is 21.7. The lowest BCUT2D eigenvalue weighted by molar-refractivity contribution is -0.384. The Hall–Kier alpha value is -1.62. The van der Waals surface area contributed by atoms with Gasteiger partial charge in [-0.25, -0.2) is 0 Å². The third-order valence-corrected chi connectivity index (χ3v) is 2.99. The number of halogens is 1. The van der Waals surface area contributed by atoms with Gasteiger partial charge < -0.3 is 5.32 Å². The van der Waals surface area contributed by atoms with Gasteiger partial charge in [-0.3, -0.25) is 14.9 Å². The fourth-order valence-electron chi connectivity index (χ4n) is 1.67. The van der Waals surface area contributed by atoms with Crippen LogP contribution in [0.5, 0.6) is 0 Å². The summed E-state index contributed by atoms with van der Waals surface area (Å²) in [6.45, 7) is 2.11. The maximum absolute atomic E-state index is 11.6. The van der Waals surface area contributed by atoms with Gasteiger partial charge in [0.1, 0.15) is 5.02 Å². The molecule has 0 aliphatic carbocycles. The van der Waals surface area contributed by atoms with Crippen LogP contribution in [-0.4, -0.2) is 10.8 Å². The molecule has 19 heavy (non-hydrogen) atoms. The van der Waals surface area contributed by atoms with Gasteiger partial charge in [-0.2, -0.15) is 0 Å². The number of carbonyl (C=O) groups excluding carboxylic acids is 1. The maximum Gasteiger partial charge on any atom is 0.288 e. The molecule has 1 aromatic carbocycles. The topological polar surface area (TPSA) is 72.2 Å². The number of benzene rings is 1. The van der Waals surface area contributed by atoms with Gasteiger partial charge in [0.2, 0.25) is 5.91 Å². The minimum atomic E-state index is -0.557. The molecule has 0 saturated carbocycles. The summed E-state index contributed by atoms with van der Waals surface area (Å²) in [5.41, 5.74) is 0.318. The van der Waals surface area contributed by atoms with Crippen LogP contribution in [0.1, 0.15) is 39.0 Å². The lowest BCUT2D eigenvalue weighted by Crippen LogP contribution is -2.11. The summed E-state index contributed by atoms with van der Waals surface area (Å²) in [5.74, 6) is -0.0963. The molecule has 1 amide bonds. The number of rotatable bonds is 7. The van der Waals surface area contributed by atoms with Crippen molar-refractivity contribution in [3.63, 3.8) is 0 Å². The molecule has 6 heteroatoms. The minimum Gasteiger partial charge on any atom is -0.326 e. The van der Waals surface area contributed by atoms with Gasteiger partial charge in [0.15, 0.2) is 0 Å². The molecule has 0 bridgehead atoms. The van der Waals surface area contributed by atoms with Crippen LogP contribution >= 0.6 is 11.6 Å². The molecule has 0 saturated heterocycles. The normalized spacial score (nSPS) is 10.2. The highest BCUT2D eigenvalue weighted by molar-refractivity contribution is 6.33. The van der Waals surface area contributed by atoms with E-state index >= 15 is 0 Å². The number of carbonyl (C=O) groups is 1. The van der Waals surface area contributed by atoms with Crippen molar-refractivity contribution in [2.45, 2.75) is 39.0 Å². The Labute approximate surface area is 117 Å². The second-order valence-corrected chi connectivity index (χ2v) is 4.69. The highest BCUT2D eigenvalue weighted by Gasteiger charge is 2.12. The van der Waals surface area contributed by atoms with Gasteiger partial charge in [-0.15, -0.1) is 0 Å². The molecule has 0 unspecified atom stereocenters. The first kappa shape index (κ1) is 15.4. The Bertz CT molecular complexity index is 463. The van der Waals surface area contributed by atoms with Crippen molar-refractivity contribution in [2.24, 2.45) is 0 Å². The monoisotopic (exact) mass is 284 g/mol. The van der Waals surface area contributed by atoms with E-state index in [9.17, 15) is 14.9 Å². The zero-order valence-electron chi connectivity index (χ0n) is 10.8. The fourth-order valence-corrected chi connectivity index (χ4v) is 1.92. The fraction of sp³-hybridized carbons (Fsp3) is 0.462. The van der Waals surface area contributed by atoms with E-state index in [0.717, 1.165) is 25.7 Å². The summed E-state index contributed by atoms with van der Waals surface area (Å²) >= 11 is 5.76. The molecule has 0 heterocycles. The molecule has 104 valence electrons. The Morgan fingerprint density at radius 1 is 1.37 bits per heavy atom. The Morgan fingerprint density at radius 3 is 2.68 bits per heavy atom. The Morgan fingerprint density at radius 2 is 2.11 bits per heavy atom. The number of anilines is 1. The first-order chi connectivity index (χ1) is 9.04. The Balaban J connectivity index is 2.51. The molecule has 1 rings (SSSR count). The highest BCUT2D eigenvalue weighted by Crippen LogP contribution is 2.27. The zero-order chi connectivity index (χ0) is 14.3. The number of nitrogens with one attached hydrogen (secondary N) is 1. The number of unbranched alkanes of at least 4 members (excludes halogenated alkanes) is 3. The molecule has 0 fully saturated rings. The SMILES string of the molecule is CCCCCCC(=O)Nc1ccc([N+](=O)[O-])c(Cl)c1. The lowest BCUT2D eigenvalue weighted by atomic mass is 10.1. The van der Waals surface area contributed by atoms with E-state index < -0.39 is 4.92 Å². The van der Waals surface area contributed by atoms with Crippen molar-refractivity contribution < 1.29 is 9.72 Å². The van der Waals surface area contributed by atoms with E-state index in [1.807, 2.05) is 0 Å². The van der Waals surface area contributed by atoms with Gasteiger partial charge in [-0.05, 0) is 18.6 Å². The van der Waals surface area contributed by atoms with E-state index in [1.54, 1.807) is 0 Å². The van der Waals surface area contributed by atoms with Gasteiger partial charge in [0, 0.05) is 18.2 Å². The van der Waals surface area contributed by atoms with Crippen LogP contribution in [0.3, 0.4) is 0 Å². The van der Waals surface area contributed by atoms with Gasteiger partial charge in [0.05, 0.1) is 4.92 Å². The summed E-state index contributed by atoms with van der Waals surface area (Å²) in [6.07, 6.45) is 4.58. The predicted molar refractivity (Wildman–Crippen MR) is 75.5 cm³/mol. The predicted octanol–water partition coefficient (Wildman–Crippen LogP) is 4.16. The van der Waals surface area contributed by atoms with Crippen molar-refractivity contribution in [2.75, 3.05) is 5.32 Å². The second-order valence-electron chi connectivity index (χ2n) is 4.28. The summed E-state index contributed by atoms with van der Waals surface area (Å²) < 4.78 is 0. The Kier molecular flexibility index (Phi) is 6.29. The molecule has 0 atom stereocenters. The van der Waals surface area contributed by atoms with E-state index in [0.29, 0.717) is 12.1 Å². The van der Waals surface area contributed by atoms with Gasteiger partial charge >= 0.3 is 0 Å². The first-order valence-electron chi connectivity index (χ1n) is 6.28. The quantitative estimate of drug-likeness (QED) is 0.464. The lowest BCUT2D eigenvalue weighted by Gasteiger charge is -2.05. The molecule has 0 aliphatic heterocycles. The first-order valence-corrected chi connectivity index (χ1v) is 6.66. The number of nitro benzene ring substituents is 1. The van der Waals surface area contributed by atoms with E-state index in [4.69, 9.17) is 11.6 Å². The number of nitro groups is 1. The third-order valence-electron chi connectivity index (χ3n) is 2.69. The zero-order valence-corrected chi connectivity index (χ0v) is 11.6. The molecular formula is C13H17ClN2O3. The van der Waals surface area contributed by atoms with Crippen molar-refractivity contribution in [1.29, 1.82) is 0 Å². The van der Waals surface area contributed by atoms with Crippen LogP contribution < -0.4 is 5.32 Å². The summed E-state index contributed by atoms with van der Waals surface area (Å²) in [7, 11) is 0. The largest absolute Gasteiger partial charge is 0.326 e. The second kappa shape index (κ2) is 7.74. The van der Waals surface area contributed by atoms with Crippen LogP contribution in [0.25, 0.3) is 0 Å². The van der Waals surface area contributed by atoms with Crippen molar-refractivity contribution in [3.05, 3.63) is 33.3 Å². The van der Waals surface area contributed by atoms with Crippen LogP contribution in [0.15, 0.2) is 18.2 Å². The highest BCUT2D eigenvalue weighted by atomic mass is 35.5. The van der Waals surface area contributed by atoms with Crippen molar-refractivity contribution in [1.82, 2.24) is 0 Å². The van der Waals surface area contributed by atoms with Crippen molar-refractivity contribution in [3.8, 4) is 0 Å². The van der Waals surface area contributed by atoms with Crippen LogP contribution in [0.4, 0.5) is 11.4 Å². The number of nitrogens with zero attached hydrogens (tertiary/aromatic N) is 1. The number of hydrogen-bond acceptors (Lipinski definition) is 3. The molecule has 0 spiro atoms. The van der Waals surface area contributed by atoms with Gasteiger partial charge in [0.25, 0.3) is 5.69 Å². The van der Waals surface area contributed by atoms with E-state index in [2.05, 4.69) is 12.2 Å². The molecule has 1 N–H and O–H groups in total. The average Bonchev–Trinajstić information content (AvgIpc) is 2.34. The smallest absolute Gasteiger partial charge is 0.288 e. The summed E-state index contributed by atoms with van der Waals surface area (Å²) in [6, 6.07) is 4.16. The standard InChI is InChI=1S/C13H17ClN2O3/c1-2-3-4-5-6-13(17)15-10-7-8-12(16(18)19)11(14)9-10/h7-9H,2-6H2,1H3,(H,15,17). The van der Waals surface area contributed by atoms with Crippen LogP contribution in [0, 0.1) is 10.1 Å². The minimum absolute atomic E-state index is 0.0220. The summed E-state index contributed by atoms with van der Waals surface area (Å²) in [5, 5.41) is 13.3. The molecule has 0 radical (unpaired) electrons. The van der Waals surface area contributed by atoms with Crippen LogP contribution in [-0.2, 0) is 4.79 Å². The molecule has 0 aliphatic rings. The number of hydrogen-bond donors (Lipinski definition) is 1. The molecular weight excluding hydrogens is 268 g/mol. The van der Waals surface area contributed by atoms with Crippen molar-refractivity contribution >= 4 is 28.9 Å².